The van der Waals surface area contributed by atoms with E-state index >= 15 is 0 Å². The summed E-state index contributed by atoms with van der Waals surface area (Å²) in [6, 6.07) is 13.9. The average molecular weight is 534 g/mol. The van der Waals surface area contributed by atoms with Gasteiger partial charge in [-0.15, -0.1) is 5.10 Å². The van der Waals surface area contributed by atoms with Gasteiger partial charge in [-0.05, 0) is 49.8 Å². The molecule has 0 saturated heterocycles. The Balaban J connectivity index is 1.65. The molecule has 0 saturated carbocycles. The second kappa shape index (κ2) is 9.71. The van der Waals surface area contributed by atoms with Gasteiger partial charge in [0, 0.05) is 18.0 Å². The maximum atomic E-state index is 13.8. The van der Waals surface area contributed by atoms with Crippen LogP contribution in [0.15, 0.2) is 71.7 Å². The van der Waals surface area contributed by atoms with E-state index in [2.05, 4.69) is 20.4 Å². The Hall–Kier alpha value is -5.00. The van der Waals surface area contributed by atoms with Crippen LogP contribution in [0.2, 0.25) is 0 Å². The number of hydrogen-bond acceptors (Lipinski definition) is 6. The number of amides is 1. The Morgan fingerprint density at radius 3 is 2.56 bits per heavy atom. The van der Waals surface area contributed by atoms with Gasteiger partial charge >= 0.3 is 6.18 Å². The number of nitrogen functional groups attached to an aromatic ring is 1. The molecular weight excluding hydrogens is 511 g/mol. The van der Waals surface area contributed by atoms with Crippen LogP contribution in [0.5, 0.6) is 0 Å². The summed E-state index contributed by atoms with van der Waals surface area (Å²) in [5, 5.41) is 7.02. The van der Waals surface area contributed by atoms with E-state index in [1.807, 2.05) is 0 Å². The molecule has 5 rings (SSSR count). The molecule has 3 aromatic heterocycles. The maximum absolute atomic E-state index is 13.8. The normalized spacial score (nSPS) is 12.8. The number of hydrogen-bond donors (Lipinski definition) is 2. The molecule has 12 heteroatoms. The first-order valence-electron chi connectivity index (χ1n) is 11.8. The minimum Gasteiger partial charge on any atom is -0.381 e. The van der Waals surface area contributed by atoms with E-state index in [4.69, 9.17) is 5.73 Å². The predicted octanol–water partition coefficient (Wildman–Crippen LogP) is 4.39. The van der Waals surface area contributed by atoms with E-state index in [0.29, 0.717) is 5.69 Å². The van der Waals surface area contributed by atoms with Gasteiger partial charge in [-0.3, -0.25) is 14.2 Å². The highest BCUT2D eigenvalue weighted by molar-refractivity contribution is 6.04. The van der Waals surface area contributed by atoms with Gasteiger partial charge in [0.05, 0.1) is 22.6 Å². The van der Waals surface area contributed by atoms with Crippen LogP contribution in [0.25, 0.3) is 28.3 Å². The van der Waals surface area contributed by atoms with Gasteiger partial charge < -0.3 is 11.1 Å². The number of allylic oxidation sites excluding steroid dienone is 1. The molecule has 39 heavy (non-hydrogen) atoms. The number of nitrogens with one attached hydrogen (secondary N) is 1. The lowest BCUT2D eigenvalue weighted by Gasteiger charge is -2.20. The molecule has 5 aromatic rings. The van der Waals surface area contributed by atoms with Gasteiger partial charge in [0.15, 0.2) is 11.5 Å². The van der Waals surface area contributed by atoms with E-state index in [1.165, 1.54) is 33.5 Å². The Morgan fingerprint density at radius 1 is 1.10 bits per heavy atom. The number of aromatic nitrogens is 5. The third kappa shape index (κ3) is 4.83. The lowest BCUT2D eigenvalue weighted by Crippen LogP contribution is -2.33. The summed E-state index contributed by atoms with van der Waals surface area (Å²) in [7, 11) is 0. The standard InChI is InChI=1S/C27H22F3N7O2/c1-15-12-14-32-24-21(22(31)35-37(15)24)25(38)33-16(2)23-34-19-10-6-7-17(11-13-27(28,29)30)20(19)26(39)36(23)18-8-4-3-5-9-18/h3-14,16H,1-2H3,(H2,31,35)(H,33,38)/b13-11+/t16-/m0/s1. The minimum atomic E-state index is -4.56. The summed E-state index contributed by atoms with van der Waals surface area (Å²) in [4.78, 5) is 36.0. The summed E-state index contributed by atoms with van der Waals surface area (Å²) < 4.78 is 41.4. The van der Waals surface area contributed by atoms with Gasteiger partial charge in [0.25, 0.3) is 11.5 Å². The van der Waals surface area contributed by atoms with Crippen LogP contribution in [-0.4, -0.2) is 36.2 Å². The molecule has 0 fully saturated rings. The molecule has 0 aliphatic carbocycles. The van der Waals surface area contributed by atoms with Gasteiger partial charge in [-0.1, -0.05) is 30.3 Å². The Kier molecular flexibility index (Phi) is 6.38. The smallest absolute Gasteiger partial charge is 0.381 e. The number of nitrogens with two attached hydrogens (primary N) is 1. The number of aryl methyl sites for hydroxylation is 1. The van der Waals surface area contributed by atoms with Crippen molar-refractivity contribution in [2.45, 2.75) is 26.1 Å². The summed E-state index contributed by atoms with van der Waals surface area (Å²) in [6.45, 7) is 3.43. The zero-order chi connectivity index (χ0) is 27.9. The SMILES string of the molecule is Cc1ccnc2c(C(=O)N[C@@H](C)c3nc4cccc(/C=C/C(F)(F)F)c4c(=O)n3-c3ccccc3)c(N)nn12. The first-order valence-corrected chi connectivity index (χ1v) is 11.8. The monoisotopic (exact) mass is 533 g/mol. The number of halogens is 3. The van der Waals surface area contributed by atoms with E-state index in [0.717, 1.165) is 11.8 Å². The van der Waals surface area contributed by atoms with Crippen LogP contribution in [0.4, 0.5) is 19.0 Å². The highest BCUT2D eigenvalue weighted by Gasteiger charge is 2.26. The highest BCUT2D eigenvalue weighted by Crippen LogP contribution is 2.24. The minimum absolute atomic E-state index is 0.00989. The number of anilines is 1. The summed E-state index contributed by atoms with van der Waals surface area (Å²) in [5.74, 6) is -0.429. The fourth-order valence-electron chi connectivity index (χ4n) is 4.34. The third-order valence-electron chi connectivity index (χ3n) is 6.12. The Morgan fingerprint density at radius 2 is 1.85 bits per heavy atom. The predicted molar refractivity (Wildman–Crippen MR) is 140 cm³/mol. The van der Waals surface area contributed by atoms with E-state index < -0.39 is 23.7 Å². The molecule has 9 nitrogen and oxygen atoms in total. The van der Waals surface area contributed by atoms with Crippen LogP contribution in [-0.2, 0) is 0 Å². The number of rotatable bonds is 5. The number of carbonyl (C=O) groups is 1. The molecule has 0 radical (unpaired) electrons. The molecule has 0 spiro atoms. The molecule has 0 aliphatic rings. The van der Waals surface area contributed by atoms with Crippen LogP contribution in [0.3, 0.4) is 0 Å². The van der Waals surface area contributed by atoms with Crippen molar-refractivity contribution in [2.24, 2.45) is 0 Å². The second-order valence-electron chi connectivity index (χ2n) is 8.84. The molecule has 198 valence electrons. The molecule has 3 N–H and O–H groups in total. The molecule has 0 unspecified atom stereocenters. The number of alkyl halides is 3. The van der Waals surface area contributed by atoms with Crippen molar-refractivity contribution < 1.29 is 18.0 Å². The van der Waals surface area contributed by atoms with E-state index in [-0.39, 0.29) is 45.4 Å². The topological polar surface area (TPSA) is 120 Å². The van der Waals surface area contributed by atoms with Crippen molar-refractivity contribution in [3.05, 3.63) is 99.9 Å². The molecule has 0 bridgehead atoms. The molecular formula is C27H22F3N7O2. The van der Waals surface area contributed by atoms with Crippen molar-refractivity contribution in [1.29, 1.82) is 0 Å². The summed E-state index contributed by atoms with van der Waals surface area (Å²) in [5.41, 5.74) is 7.19. The molecule has 1 amide bonds. The molecule has 3 heterocycles. The lowest BCUT2D eigenvalue weighted by molar-refractivity contribution is -0.0790. The Labute approximate surface area is 219 Å². The van der Waals surface area contributed by atoms with E-state index in [9.17, 15) is 22.8 Å². The summed E-state index contributed by atoms with van der Waals surface area (Å²) >= 11 is 0. The van der Waals surface area contributed by atoms with Crippen molar-refractivity contribution >= 4 is 34.4 Å². The van der Waals surface area contributed by atoms with Gasteiger partial charge in [0.2, 0.25) is 0 Å². The van der Waals surface area contributed by atoms with Crippen molar-refractivity contribution in [1.82, 2.24) is 29.5 Å². The van der Waals surface area contributed by atoms with Gasteiger partial charge in [0.1, 0.15) is 11.4 Å². The van der Waals surface area contributed by atoms with Gasteiger partial charge in [-0.25, -0.2) is 14.5 Å². The lowest BCUT2D eigenvalue weighted by atomic mass is 10.1. The van der Waals surface area contributed by atoms with Crippen LogP contribution < -0.4 is 16.6 Å². The molecule has 0 aliphatic heterocycles. The quantitative estimate of drug-likeness (QED) is 0.346. The van der Waals surface area contributed by atoms with Crippen molar-refractivity contribution in [3.63, 3.8) is 0 Å². The number of benzene rings is 2. The Bertz CT molecular complexity index is 1810. The number of carbonyl (C=O) groups excluding carboxylic acids is 1. The first-order chi connectivity index (χ1) is 18.5. The largest absolute Gasteiger partial charge is 0.409 e. The fourth-order valence-corrected chi connectivity index (χ4v) is 4.34. The van der Waals surface area contributed by atoms with Gasteiger partial charge in [-0.2, -0.15) is 13.2 Å². The first kappa shape index (κ1) is 25.6. The number of fused-ring (bicyclic) bond motifs is 2. The second-order valence-corrected chi connectivity index (χ2v) is 8.84. The van der Waals surface area contributed by atoms with Crippen molar-refractivity contribution in [2.75, 3.05) is 5.73 Å². The molecule has 1 atom stereocenters. The zero-order valence-electron chi connectivity index (χ0n) is 20.8. The zero-order valence-corrected chi connectivity index (χ0v) is 20.8. The van der Waals surface area contributed by atoms with E-state index in [1.54, 1.807) is 50.2 Å². The average Bonchev–Trinajstić information content (AvgIpc) is 3.24. The van der Waals surface area contributed by atoms with Crippen LogP contribution >= 0.6 is 0 Å². The highest BCUT2D eigenvalue weighted by atomic mass is 19.4. The fraction of sp³-hybridized carbons (Fsp3) is 0.148. The van der Waals surface area contributed by atoms with Crippen molar-refractivity contribution in [3.8, 4) is 5.69 Å². The van der Waals surface area contributed by atoms with Crippen LogP contribution in [0.1, 0.15) is 40.4 Å². The number of nitrogens with zero attached hydrogens (tertiary/aromatic N) is 5. The maximum Gasteiger partial charge on any atom is 0.409 e. The number of para-hydroxylation sites is 1. The summed E-state index contributed by atoms with van der Waals surface area (Å²) in [6.07, 6.45) is -2.11. The molecule has 2 aromatic carbocycles. The van der Waals surface area contributed by atoms with Crippen LogP contribution in [0, 0.1) is 6.92 Å². The third-order valence-corrected chi connectivity index (χ3v) is 6.12.